The van der Waals surface area contributed by atoms with Gasteiger partial charge in [0, 0.05) is 0 Å². The summed E-state index contributed by atoms with van der Waals surface area (Å²) in [4.78, 5) is 0. The van der Waals surface area contributed by atoms with Crippen molar-refractivity contribution in [3.63, 3.8) is 0 Å². The van der Waals surface area contributed by atoms with Crippen molar-refractivity contribution in [1.29, 1.82) is 0 Å². The van der Waals surface area contributed by atoms with E-state index in [0.717, 1.165) is 12.2 Å². The molecule has 0 saturated carbocycles. The molecular weight excluding hydrogens is 380 g/mol. The van der Waals surface area contributed by atoms with Crippen LogP contribution in [0, 0.1) is 0 Å². The Labute approximate surface area is 139 Å². The van der Waals surface area contributed by atoms with E-state index >= 15 is 0 Å². The van der Waals surface area contributed by atoms with E-state index in [-0.39, 0.29) is 5.41 Å². The molecule has 21 heavy (non-hydrogen) atoms. The summed E-state index contributed by atoms with van der Waals surface area (Å²) in [6.07, 6.45) is 1.09. The van der Waals surface area contributed by atoms with Gasteiger partial charge in [-0.1, -0.05) is 37.4 Å². The first-order valence-corrected chi connectivity index (χ1v) is 7.89. The third kappa shape index (κ3) is 4.09. The molecule has 2 rings (SSSR count). The molecule has 0 fully saturated rings. The SMILES string of the molecule is CCC(C)(C)c1ccc(Oc2ccc(N(F)I)cc2)cc1. The fraction of sp³-hybridized carbons (Fsp3) is 0.294. The molecule has 0 bridgehead atoms. The van der Waals surface area contributed by atoms with Crippen molar-refractivity contribution in [2.24, 2.45) is 0 Å². The smallest absolute Gasteiger partial charge is 0.127 e. The molecule has 112 valence electrons. The lowest BCUT2D eigenvalue weighted by Gasteiger charge is -2.23. The fourth-order valence-corrected chi connectivity index (χ4v) is 2.26. The minimum absolute atomic E-state index is 0.172. The molecule has 0 amide bonds. The standard InChI is InChI=1S/C17H19FINO/c1-4-17(2,3)13-5-9-15(10-6-13)21-16-11-7-14(8-12-16)20(18)19/h5-12H,4H2,1-3H3. The number of anilines is 1. The van der Waals surface area contributed by atoms with Crippen molar-refractivity contribution in [3.8, 4) is 11.5 Å². The second-order valence-electron chi connectivity index (χ2n) is 5.59. The Morgan fingerprint density at radius 1 is 1.00 bits per heavy atom. The normalized spacial score (nSPS) is 11.3. The zero-order chi connectivity index (χ0) is 15.5. The zero-order valence-corrected chi connectivity index (χ0v) is 14.6. The summed E-state index contributed by atoms with van der Waals surface area (Å²) in [6, 6.07) is 15.0. The van der Waals surface area contributed by atoms with Gasteiger partial charge >= 0.3 is 0 Å². The number of rotatable bonds is 5. The van der Waals surface area contributed by atoms with Crippen LogP contribution >= 0.6 is 22.9 Å². The molecule has 2 aromatic carbocycles. The fourth-order valence-electron chi connectivity index (χ4n) is 1.94. The minimum atomic E-state index is 0.172. The second kappa shape index (κ2) is 6.64. The van der Waals surface area contributed by atoms with Crippen LogP contribution in [0.5, 0.6) is 11.5 Å². The van der Waals surface area contributed by atoms with Gasteiger partial charge in [-0.25, -0.2) is 0 Å². The highest BCUT2D eigenvalue weighted by atomic mass is 127. The van der Waals surface area contributed by atoms with Gasteiger partial charge in [-0.15, -0.1) is 0 Å². The second-order valence-corrected chi connectivity index (χ2v) is 6.44. The molecule has 0 aromatic heterocycles. The highest BCUT2D eigenvalue weighted by Gasteiger charge is 2.17. The van der Waals surface area contributed by atoms with Gasteiger partial charge in [0.05, 0.1) is 28.6 Å². The van der Waals surface area contributed by atoms with Crippen molar-refractivity contribution in [2.45, 2.75) is 32.6 Å². The summed E-state index contributed by atoms with van der Waals surface area (Å²) in [6.45, 7) is 6.65. The third-order valence-electron chi connectivity index (χ3n) is 3.79. The van der Waals surface area contributed by atoms with Gasteiger partial charge in [0.1, 0.15) is 11.5 Å². The van der Waals surface area contributed by atoms with Crippen LogP contribution in [0.1, 0.15) is 32.8 Å². The Hall–Kier alpha value is -1.30. The Balaban J connectivity index is 2.10. The van der Waals surface area contributed by atoms with E-state index in [9.17, 15) is 4.48 Å². The number of nitrogens with zero attached hydrogens (tertiary/aromatic N) is 1. The van der Waals surface area contributed by atoms with E-state index in [4.69, 9.17) is 4.74 Å². The summed E-state index contributed by atoms with van der Waals surface area (Å²) in [5, 5.41) is 0. The van der Waals surface area contributed by atoms with E-state index < -0.39 is 0 Å². The number of halogens is 2. The van der Waals surface area contributed by atoms with Crippen molar-refractivity contribution >= 4 is 28.6 Å². The molecule has 0 aliphatic rings. The highest BCUT2D eigenvalue weighted by Crippen LogP contribution is 2.30. The van der Waals surface area contributed by atoms with Crippen molar-refractivity contribution in [2.75, 3.05) is 3.34 Å². The molecule has 2 aromatic rings. The summed E-state index contributed by atoms with van der Waals surface area (Å²) < 4.78 is 19.3. The van der Waals surface area contributed by atoms with Crippen molar-refractivity contribution < 1.29 is 9.22 Å². The van der Waals surface area contributed by atoms with Gasteiger partial charge < -0.3 is 4.74 Å². The number of hydrogen-bond acceptors (Lipinski definition) is 2. The van der Waals surface area contributed by atoms with Gasteiger partial charge in [0.25, 0.3) is 0 Å². The van der Waals surface area contributed by atoms with E-state index in [1.807, 2.05) is 12.1 Å². The lowest BCUT2D eigenvalue weighted by atomic mass is 9.82. The molecule has 0 aliphatic carbocycles. The molecule has 0 N–H and O–H groups in total. The van der Waals surface area contributed by atoms with Crippen LogP contribution in [0.2, 0.25) is 0 Å². The third-order valence-corrected chi connectivity index (χ3v) is 4.34. The maximum Gasteiger partial charge on any atom is 0.127 e. The molecule has 0 heterocycles. The van der Waals surface area contributed by atoms with Crippen LogP contribution < -0.4 is 8.07 Å². The topological polar surface area (TPSA) is 12.5 Å². The number of benzene rings is 2. The largest absolute Gasteiger partial charge is 0.457 e. The first kappa shape index (κ1) is 16.1. The van der Waals surface area contributed by atoms with Crippen LogP contribution in [0.3, 0.4) is 0 Å². The van der Waals surface area contributed by atoms with E-state index in [1.165, 1.54) is 5.56 Å². The molecule has 0 unspecified atom stereocenters. The van der Waals surface area contributed by atoms with Crippen LogP contribution in [0.4, 0.5) is 10.2 Å². The van der Waals surface area contributed by atoms with Crippen LogP contribution in [0.15, 0.2) is 48.5 Å². The maximum atomic E-state index is 13.0. The van der Waals surface area contributed by atoms with E-state index in [2.05, 4.69) is 32.9 Å². The average molecular weight is 399 g/mol. The van der Waals surface area contributed by atoms with Crippen molar-refractivity contribution in [3.05, 3.63) is 54.1 Å². The van der Waals surface area contributed by atoms with Gasteiger partial charge in [-0.2, -0.15) is 3.34 Å². The van der Waals surface area contributed by atoms with Crippen LogP contribution in [-0.4, -0.2) is 0 Å². The van der Waals surface area contributed by atoms with E-state index in [0.29, 0.717) is 14.8 Å². The number of hydrogen-bond donors (Lipinski definition) is 0. The lowest BCUT2D eigenvalue weighted by Crippen LogP contribution is -2.14. The molecule has 0 atom stereocenters. The first-order chi connectivity index (χ1) is 9.92. The van der Waals surface area contributed by atoms with Crippen molar-refractivity contribution in [1.82, 2.24) is 0 Å². The predicted octanol–water partition coefficient (Wildman–Crippen LogP) is 6.21. The monoisotopic (exact) mass is 399 g/mol. The minimum Gasteiger partial charge on any atom is -0.457 e. The first-order valence-electron chi connectivity index (χ1n) is 6.92. The predicted molar refractivity (Wildman–Crippen MR) is 93.9 cm³/mol. The molecule has 2 nitrogen and oxygen atoms in total. The Kier molecular flexibility index (Phi) is 5.08. The summed E-state index contributed by atoms with van der Waals surface area (Å²) in [5.41, 5.74) is 1.96. The van der Waals surface area contributed by atoms with Gasteiger partial charge in [0.2, 0.25) is 0 Å². The quantitative estimate of drug-likeness (QED) is 0.438. The van der Waals surface area contributed by atoms with Gasteiger partial charge in [-0.3, -0.25) is 0 Å². The zero-order valence-electron chi connectivity index (χ0n) is 12.4. The maximum absolute atomic E-state index is 13.0. The van der Waals surface area contributed by atoms with Gasteiger partial charge in [0.15, 0.2) is 0 Å². The number of ether oxygens (including phenoxy) is 1. The molecule has 0 spiro atoms. The summed E-state index contributed by atoms with van der Waals surface area (Å²) in [7, 11) is 0. The van der Waals surface area contributed by atoms with E-state index in [1.54, 1.807) is 47.1 Å². The molecule has 4 heteroatoms. The molecule has 0 saturated heterocycles. The van der Waals surface area contributed by atoms with Crippen LogP contribution in [0.25, 0.3) is 0 Å². The van der Waals surface area contributed by atoms with Gasteiger partial charge in [-0.05, 0) is 53.8 Å². The lowest BCUT2D eigenvalue weighted by molar-refractivity contribution is 0.478. The molecular formula is C17H19FINO. The Morgan fingerprint density at radius 3 is 1.90 bits per heavy atom. The molecule has 0 aliphatic heterocycles. The Morgan fingerprint density at radius 2 is 1.48 bits per heavy atom. The Bertz CT molecular complexity index is 579. The highest BCUT2D eigenvalue weighted by molar-refractivity contribution is 14.1. The summed E-state index contributed by atoms with van der Waals surface area (Å²) >= 11 is 1.58. The average Bonchev–Trinajstić information content (AvgIpc) is 2.48. The van der Waals surface area contributed by atoms with Crippen LogP contribution in [-0.2, 0) is 5.41 Å². The molecule has 0 radical (unpaired) electrons. The summed E-state index contributed by atoms with van der Waals surface area (Å²) in [5.74, 6) is 1.48.